The van der Waals surface area contributed by atoms with Crippen LogP contribution in [0.15, 0.2) is 40.2 Å². The number of piperazine rings is 1. The summed E-state index contributed by atoms with van der Waals surface area (Å²) in [5.74, 6) is 0. The zero-order valence-electron chi connectivity index (χ0n) is 19.6. The average Bonchev–Trinajstić information content (AvgIpc) is 2.63. The van der Waals surface area contributed by atoms with Crippen LogP contribution >= 0.6 is 0 Å². The lowest BCUT2D eigenvalue weighted by Gasteiger charge is -2.42. The molecule has 1 fully saturated rings. The summed E-state index contributed by atoms with van der Waals surface area (Å²) in [4.78, 5) is 20.6. The molecule has 0 N–H and O–H groups in total. The minimum atomic E-state index is -2.60. The molecule has 30 heavy (non-hydrogen) atoms. The third-order valence-corrected chi connectivity index (χ3v) is 4.90. The van der Waals surface area contributed by atoms with Gasteiger partial charge in [-0.25, -0.2) is 13.6 Å². The molecule has 1 aliphatic heterocycles. The fourth-order valence-corrected chi connectivity index (χ4v) is 3.41. The van der Waals surface area contributed by atoms with E-state index in [1.807, 2.05) is 47.6 Å². The number of halogens is 2. The van der Waals surface area contributed by atoms with Gasteiger partial charge in [-0.05, 0) is 54.9 Å². The first-order valence-corrected chi connectivity index (χ1v) is 10.5. The van der Waals surface area contributed by atoms with Gasteiger partial charge in [0.2, 0.25) is 0 Å². The Hall–Kier alpha value is -2.18. The number of aliphatic imine (C=N–C) groups is 1. The lowest BCUT2D eigenvalue weighted by atomic mass is 9.98. The Morgan fingerprint density at radius 3 is 2.37 bits per heavy atom. The Morgan fingerprint density at radius 1 is 1.27 bits per heavy atom. The van der Waals surface area contributed by atoms with Crippen molar-refractivity contribution >= 4 is 11.8 Å². The standard InChI is InChI=1S/C23H37F2N3O2/c1-9-11-12-26-17(4)20(19(10-2)21(24)25)18(5)27-13-14-28(16(3)15-27)22(29)30-23(6,7)8/h10-12,16,21H,9,13-15H2,1-8H3/b12-11+,19-10+,20-18-,26-17+. The van der Waals surface area contributed by atoms with E-state index >= 15 is 0 Å². The molecule has 0 bridgehead atoms. The van der Waals surface area contributed by atoms with E-state index in [1.54, 1.807) is 24.9 Å². The van der Waals surface area contributed by atoms with Crippen LogP contribution in [0.4, 0.5) is 13.6 Å². The van der Waals surface area contributed by atoms with Gasteiger partial charge in [-0.3, -0.25) is 4.99 Å². The van der Waals surface area contributed by atoms with Crippen LogP contribution in [-0.2, 0) is 4.74 Å². The summed E-state index contributed by atoms with van der Waals surface area (Å²) in [5, 5.41) is 0. The van der Waals surface area contributed by atoms with Crippen molar-refractivity contribution in [3.63, 3.8) is 0 Å². The number of alkyl halides is 2. The molecule has 0 aromatic rings. The van der Waals surface area contributed by atoms with Gasteiger partial charge in [0, 0.05) is 54.4 Å². The van der Waals surface area contributed by atoms with Crippen molar-refractivity contribution in [3.8, 4) is 0 Å². The molecule has 0 aromatic heterocycles. The molecule has 1 heterocycles. The van der Waals surface area contributed by atoms with Gasteiger partial charge in [-0.1, -0.05) is 19.1 Å². The van der Waals surface area contributed by atoms with Crippen molar-refractivity contribution in [3.05, 3.63) is 35.2 Å². The molecule has 0 saturated carbocycles. The number of rotatable bonds is 6. The van der Waals surface area contributed by atoms with Gasteiger partial charge < -0.3 is 14.5 Å². The number of allylic oxidation sites excluding steroid dienone is 5. The third-order valence-electron chi connectivity index (χ3n) is 4.90. The Bertz CT molecular complexity index is 718. The molecule has 7 heteroatoms. The molecule has 1 unspecified atom stereocenters. The van der Waals surface area contributed by atoms with Crippen molar-refractivity contribution in [2.75, 3.05) is 19.6 Å². The van der Waals surface area contributed by atoms with Crippen LogP contribution in [0.2, 0.25) is 0 Å². The lowest BCUT2D eigenvalue weighted by molar-refractivity contribution is 0.00494. The molecule has 1 amide bonds. The lowest BCUT2D eigenvalue weighted by Crippen LogP contribution is -2.54. The number of amides is 1. The van der Waals surface area contributed by atoms with Crippen LogP contribution in [0.1, 0.15) is 61.8 Å². The number of hydrogen-bond donors (Lipinski definition) is 0. The molecule has 1 atom stereocenters. The maximum Gasteiger partial charge on any atom is 0.410 e. The quantitative estimate of drug-likeness (QED) is 0.399. The van der Waals surface area contributed by atoms with E-state index < -0.39 is 12.0 Å². The molecule has 170 valence electrons. The van der Waals surface area contributed by atoms with Gasteiger partial charge in [0.05, 0.1) is 0 Å². The van der Waals surface area contributed by atoms with Gasteiger partial charge in [0.15, 0.2) is 0 Å². The van der Waals surface area contributed by atoms with Crippen LogP contribution < -0.4 is 0 Å². The summed E-state index contributed by atoms with van der Waals surface area (Å²) in [5.41, 5.74) is 1.17. The van der Waals surface area contributed by atoms with Crippen LogP contribution in [-0.4, -0.2) is 59.3 Å². The molecule has 0 aromatic carbocycles. The molecule has 5 nitrogen and oxygen atoms in total. The normalized spacial score (nSPS) is 20.2. The first-order valence-electron chi connectivity index (χ1n) is 10.5. The van der Waals surface area contributed by atoms with Crippen LogP contribution in [0.25, 0.3) is 0 Å². The summed E-state index contributed by atoms with van der Waals surface area (Å²) in [6.45, 7) is 16.2. The van der Waals surface area contributed by atoms with Gasteiger partial charge in [-0.15, -0.1) is 0 Å². The highest BCUT2D eigenvalue weighted by atomic mass is 19.3. The summed E-state index contributed by atoms with van der Waals surface area (Å²) < 4.78 is 33.0. The topological polar surface area (TPSA) is 45.1 Å². The van der Waals surface area contributed by atoms with Crippen molar-refractivity contribution in [1.29, 1.82) is 0 Å². The molecule has 1 aliphatic rings. The first kappa shape index (κ1) is 25.9. The maximum atomic E-state index is 13.8. The number of carbonyl (C=O) groups excluding carboxylic acids is 1. The first-order chi connectivity index (χ1) is 13.9. The molecular weight excluding hydrogens is 388 g/mol. The van der Waals surface area contributed by atoms with Crippen molar-refractivity contribution < 1.29 is 18.3 Å². The summed E-state index contributed by atoms with van der Waals surface area (Å²) in [6.07, 6.45) is 2.87. The monoisotopic (exact) mass is 425 g/mol. The highest BCUT2D eigenvalue weighted by Crippen LogP contribution is 2.27. The van der Waals surface area contributed by atoms with Crippen molar-refractivity contribution in [1.82, 2.24) is 9.80 Å². The second kappa shape index (κ2) is 11.3. The van der Waals surface area contributed by atoms with Crippen LogP contribution in [0.5, 0.6) is 0 Å². The van der Waals surface area contributed by atoms with Gasteiger partial charge in [0.1, 0.15) is 5.60 Å². The van der Waals surface area contributed by atoms with Crippen LogP contribution in [0, 0.1) is 0 Å². The van der Waals surface area contributed by atoms with Crippen LogP contribution in [0.3, 0.4) is 0 Å². The zero-order chi connectivity index (χ0) is 23.1. The minimum absolute atomic E-state index is 0.0270. The molecule has 1 rings (SSSR count). The number of ether oxygens (including phenoxy) is 1. The number of carbonyl (C=O) groups is 1. The zero-order valence-corrected chi connectivity index (χ0v) is 19.6. The van der Waals surface area contributed by atoms with E-state index in [0.29, 0.717) is 30.9 Å². The Kier molecular flexibility index (Phi) is 9.72. The molecule has 1 saturated heterocycles. The minimum Gasteiger partial charge on any atom is -0.444 e. The van der Waals surface area contributed by atoms with E-state index in [1.165, 1.54) is 6.08 Å². The van der Waals surface area contributed by atoms with E-state index in [0.717, 1.165) is 12.1 Å². The van der Waals surface area contributed by atoms with Gasteiger partial charge in [-0.2, -0.15) is 0 Å². The number of nitrogens with zero attached hydrogens (tertiary/aromatic N) is 3. The molecule has 0 aliphatic carbocycles. The smallest absolute Gasteiger partial charge is 0.410 e. The van der Waals surface area contributed by atoms with E-state index in [-0.39, 0.29) is 17.7 Å². The second-order valence-corrected chi connectivity index (χ2v) is 8.48. The third kappa shape index (κ3) is 7.26. The Labute approximate surface area is 180 Å². The molecular formula is C23H37F2N3O2. The predicted octanol–water partition coefficient (Wildman–Crippen LogP) is 5.80. The fraction of sp³-hybridized carbons (Fsp3) is 0.652. The Balaban J connectivity index is 3.20. The van der Waals surface area contributed by atoms with Gasteiger partial charge in [0.25, 0.3) is 6.43 Å². The molecule has 0 spiro atoms. The van der Waals surface area contributed by atoms with Crippen molar-refractivity contribution in [2.45, 2.75) is 79.9 Å². The second-order valence-electron chi connectivity index (χ2n) is 8.48. The highest BCUT2D eigenvalue weighted by molar-refractivity contribution is 6.03. The summed E-state index contributed by atoms with van der Waals surface area (Å²) >= 11 is 0. The maximum absolute atomic E-state index is 13.8. The predicted molar refractivity (Wildman–Crippen MR) is 119 cm³/mol. The summed E-state index contributed by atoms with van der Waals surface area (Å²) in [6, 6.07) is -0.109. The average molecular weight is 426 g/mol. The van der Waals surface area contributed by atoms with Gasteiger partial charge >= 0.3 is 6.09 Å². The SMILES string of the molecule is C\C=C(C(/C(C)=N/C=C/CC)=C(/C)N1CCN(C(=O)OC(C)(C)C)C(C)C1)\C(F)F. The van der Waals surface area contributed by atoms with Crippen molar-refractivity contribution in [2.24, 2.45) is 4.99 Å². The van der Waals surface area contributed by atoms with E-state index in [9.17, 15) is 13.6 Å². The summed E-state index contributed by atoms with van der Waals surface area (Å²) in [7, 11) is 0. The largest absolute Gasteiger partial charge is 0.444 e. The van der Waals surface area contributed by atoms with E-state index in [4.69, 9.17) is 4.74 Å². The number of hydrogen-bond acceptors (Lipinski definition) is 4. The Morgan fingerprint density at radius 2 is 1.90 bits per heavy atom. The highest BCUT2D eigenvalue weighted by Gasteiger charge is 2.32. The molecule has 0 radical (unpaired) electrons. The van der Waals surface area contributed by atoms with E-state index in [2.05, 4.69) is 9.89 Å². The fourth-order valence-electron chi connectivity index (χ4n) is 3.41.